The van der Waals surface area contributed by atoms with Gasteiger partial charge in [-0.25, -0.2) is 4.39 Å². The van der Waals surface area contributed by atoms with Gasteiger partial charge in [0.15, 0.2) is 5.11 Å². The van der Waals surface area contributed by atoms with E-state index in [1.165, 1.54) is 24.3 Å². The van der Waals surface area contributed by atoms with Crippen LogP contribution in [0.5, 0.6) is 0 Å². The summed E-state index contributed by atoms with van der Waals surface area (Å²) >= 11 is 5.11. The van der Waals surface area contributed by atoms with E-state index in [1.54, 1.807) is 24.3 Å². The Kier molecular flexibility index (Phi) is 7.19. The fourth-order valence-electron chi connectivity index (χ4n) is 2.10. The third kappa shape index (κ3) is 5.61. The van der Waals surface area contributed by atoms with Crippen molar-refractivity contribution in [3.8, 4) is 0 Å². The van der Waals surface area contributed by atoms with Crippen LogP contribution in [0.2, 0.25) is 0 Å². The van der Waals surface area contributed by atoms with Crippen LogP contribution < -0.4 is 16.0 Å². The fourth-order valence-corrected chi connectivity index (χ4v) is 2.30. The topological polar surface area (TPSA) is 90.5 Å². The van der Waals surface area contributed by atoms with Crippen molar-refractivity contribution in [1.82, 2.24) is 10.6 Å². The van der Waals surface area contributed by atoms with Gasteiger partial charge in [0.2, 0.25) is 0 Å². The summed E-state index contributed by atoms with van der Waals surface area (Å²) in [4.78, 5) is 24.3. The van der Waals surface area contributed by atoms with Gasteiger partial charge in [0, 0.05) is 18.7 Å². The second-order valence-electron chi connectivity index (χ2n) is 5.29. The van der Waals surface area contributed by atoms with E-state index in [0.717, 1.165) is 0 Å². The van der Waals surface area contributed by atoms with Gasteiger partial charge in [-0.3, -0.25) is 14.9 Å². The fraction of sp³-hybridized carbons (Fsp3) is 0.167. The van der Waals surface area contributed by atoms with Crippen LogP contribution in [-0.4, -0.2) is 35.2 Å². The summed E-state index contributed by atoms with van der Waals surface area (Å²) in [5.41, 5.74) is 1.04. The number of nitrogens with one attached hydrogen (secondary N) is 3. The lowest BCUT2D eigenvalue weighted by Gasteiger charge is -2.13. The Balaban J connectivity index is 2.01. The normalized spacial score (nSPS) is 10.1. The lowest BCUT2D eigenvalue weighted by Crippen LogP contribution is -2.35. The SMILES string of the molecule is O=C(NC(=S)Nc1ccccc1C(=O)NCCCO)c1ccc(F)cc1. The first kappa shape index (κ1) is 19.5. The van der Waals surface area contributed by atoms with Gasteiger partial charge in [0.05, 0.1) is 11.3 Å². The Morgan fingerprint density at radius 2 is 1.73 bits per heavy atom. The Hall–Kier alpha value is -2.84. The number of rotatable bonds is 6. The zero-order chi connectivity index (χ0) is 18.9. The first-order chi connectivity index (χ1) is 12.5. The number of halogens is 1. The highest BCUT2D eigenvalue weighted by atomic mass is 32.1. The van der Waals surface area contributed by atoms with Gasteiger partial charge < -0.3 is 15.7 Å². The first-order valence-electron chi connectivity index (χ1n) is 7.87. The predicted molar refractivity (Wildman–Crippen MR) is 101 cm³/mol. The average Bonchev–Trinajstić information content (AvgIpc) is 2.62. The van der Waals surface area contributed by atoms with Gasteiger partial charge in [0.25, 0.3) is 11.8 Å². The van der Waals surface area contributed by atoms with Crippen molar-refractivity contribution in [3.05, 3.63) is 65.5 Å². The largest absolute Gasteiger partial charge is 0.396 e. The summed E-state index contributed by atoms with van der Waals surface area (Å²) in [6, 6.07) is 11.7. The first-order valence-corrected chi connectivity index (χ1v) is 8.28. The minimum atomic E-state index is -0.493. The van der Waals surface area contributed by atoms with Crippen molar-refractivity contribution in [1.29, 1.82) is 0 Å². The number of amides is 2. The van der Waals surface area contributed by atoms with Gasteiger partial charge in [-0.05, 0) is 55.0 Å². The molecule has 0 fully saturated rings. The zero-order valence-corrected chi connectivity index (χ0v) is 14.6. The van der Waals surface area contributed by atoms with E-state index in [-0.39, 0.29) is 23.2 Å². The minimum Gasteiger partial charge on any atom is -0.396 e. The second-order valence-corrected chi connectivity index (χ2v) is 5.70. The summed E-state index contributed by atoms with van der Waals surface area (Å²) < 4.78 is 12.9. The Labute approximate surface area is 155 Å². The second kappa shape index (κ2) is 9.59. The Morgan fingerprint density at radius 1 is 1.04 bits per heavy atom. The molecule has 0 aromatic heterocycles. The van der Waals surface area contributed by atoms with Crippen LogP contribution in [0, 0.1) is 5.82 Å². The molecule has 136 valence electrons. The molecule has 0 radical (unpaired) electrons. The van der Waals surface area contributed by atoms with E-state index in [9.17, 15) is 14.0 Å². The molecule has 2 aromatic rings. The van der Waals surface area contributed by atoms with Crippen LogP contribution >= 0.6 is 12.2 Å². The van der Waals surface area contributed by atoms with Crippen LogP contribution in [0.3, 0.4) is 0 Å². The molecule has 2 amide bonds. The van der Waals surface area contributed by atoms with Gasteiger partial charge >= 0.3 is 0 Å². The van der Waals surface area contributed by atoms with E-state index >= 15 is 0 Å². The molecule has 26 heavy (non-hydrogen) atoms. The summed E-state index contributed by atoms with van der Waals surface area (Å²) in [6.45, 7) is 0.328. The van der Waals surface area contributed by atoms with Crippen molar-refractivity contribution in [2.24, 2.45) is 0 Å². The molecule has 0 unspecified atom stereocenters. The lowest BCUT2D eigenvalue weighted by atomic mass is 10.1. The molecular formula is C18H18FN3O3S. The van der Waals surface area contributed by atoms with E-state index in [2.05, 4.69) is 16.0 Å². The molecule has 0 saturated carbocycles. The summed E-state index contributed by atoms with van der Waals surface area (Å²) in [5, 5.41) is 16.8. The maximum atomic E-state index is 12.9. The number of carbonyl (C=O) groups excluding carboxylic acids is 2. The van der Waals surface area contributed by atoms with Crippen LogP contribution in [0.15, 0.2) is 48.5 Å². The third-order valence-electron chi connectivity index (χ3n) is 3.37. The van der Waals surface area contributed by atoms with Crippen LogP contribution in [-0.2, 0) is 0 Å². The van der Waals surface area contributed by atoms with Crippen molar-refractivity contribution in [2.75, 3.05) is 18.5 Å². The van der Waals surface area contributed by atoms with Gasteiger partial charge in [-0.2, -0.15) is 0 Å². The molecular weight excluding hydrogens is 357 g/mol. The summed E-state index contributed by atoms with van der Waals surface area (Å²) in [6.07, 6.45) is 0.452. The van der Waals surface area contributed by atoms with Crippen molar-refractivity contribution >= 4 is 34.8 Å². The van der Waals surface area contributed by atoms with Gasteiger partial charge in [-0.15, -0.1) is 0 Å². The number of benzene rings is 2. The average molecular weight is 375 g/mol. The lowest BCUT2D eigenvalue weighted by molar-refractivity contribution is 0.0950. The molecule has 0 atom stereocenters. The molecule has 2 rings (SSSR count). The summed E-state index contributed by atoms with van der Waals surface area (Å²) in [7, 11) is 0. The number of hydrogen-bond acceptors (Lipinski definition) is 4. The zero-order valence-electron chi connectivity index (χ0n) is 13.8. The highest BCUT2D eigenvalue weighted by Crippen LogP contribution is 2.15. The molecule has 4 N–H and O–H groups in total. The number of para-hydroxylation sites is 1. The third-order valence-corrected chi connectivity index (χ3v) is 3.58. The van der Waals surface area contributed by atoms with Crippen molar-refractivity contribution < 1.29 is 19.1 Å². The minimum absolute atomic E-state index is 0.00920. The number of carbonyl (C=O) groups is 2. The maximum absolute atomic E-state index is 12.9. The number of aliphatic hydroxyl groups excluding tert-OH is 1. The molecule has 0 bridgehead atoms. The molecule has 8 heteroatoms. The molecule has 0 aliphatic carbocycles. The number of anilines is 1. The van der Waals surface area contributed by atoms with Crippen molar-refractivity contribution in [3.63, 3.8) is 0 Å². The monoisotopic (exact) mass is 375 g/mol. The van der Waals surface area contributed by atoms with Crippen LogP contribution in [0.25, 0.3) is 0 Å². The van der Waals surface area contributed by atoms with E-state index < -0.39 is 11.7 Å². The van der Waals surface area contributed by atoms with Crippen LogP contribution in [0.4, 0.5) is 10.1 Å². The van der Waals surface area contributed by atoms with Crippen molar-refractivity contribution in [2.45, 2.75) is 6.42 Å². The number of aliphatic hydroxyl groups is 1. The Bertz CT molecular complexity index is 797. The summed E-state index contributed by atoms with van der Waals surface area (Å²) in [5.74, 6) is -1.26. The molecule has 0 spiro atoms. The molecule has 0 aliphatic rings. The molecule has 2 aromatic carbocycles. The van der Waals surface area contributed by atoms with E-state index in [0.29, 0.717) is 24.2 Å². The van der Waals surface area contributed by atoms with Crippen LogP contribution in [0.1, 0.15) is 27.1 Å². The highest BCUT2D eigenvalue weighted by molar-refractivity contribution is 7.80. The smallest absolute Gasteiger partial charge is 0.257 e. The molecule has 6 nitrogen and oxygen atoms in total. The van der Waals surface area contributed by atoms with Gasteiger partial charge in [0.1, 0.15) is 5.82 Å². The molecule has 0 saturated heterocycles. The quantitative estimate of drug-likeness (QED) is 0.458. The van der Waals surface area contributed by atoms with E-state index in [1.807, 2.05) is 0 Å². The molecule has 0 heterocycles. The van der Waals surface area contributed by atoms with E-state index in [4.69, 9.17) is 17.3 Å². The molecule has 0 aliphatic heterocycles. The standard InChI is InChI=1S/C18H18FN3O3S/c19-13-8-6-12(7-9-13)16(24)22-18(26)21-15-5-2-1-4-14(15)17(25)20-10-3-11-23/h1-2,4-9,23H,3,10-11H2,(H,20,25)(H2,21,22,24,26). The maximum Gasteiger partial charge on any atom is 0.257 e. The van der Waals surface area contributed by atoms with Gasteiger partial charge in [-0.1, -0.05) is 12.1 Å². The number of thiocarbonyl (C=S) groups is 1. The Morgan fingerprint density at radius 3 is 2.42 bits per heavy atom. The predicted octanol–water partition coefficient (Wildman–Crippen LogP) is 2.06. The number of hydrogen-bond donors (Lipinski definition) is 4. The highest BCUT2D eigenvalue weighted by Gasteiger charge is 2.13.